The summed E-state index contributed by atoms with van der Waals surface area (Å²) >= 11 is 0. The highest BCUT2D eigenvalue weighted by Gasteiger charge is 2.37. The minimum Gasteiger partial charge on any atom is -0.465 e. The smallest absolute Gasteiger partial charge is 0.312 e. The Labute approximate surface area is 170 Å². The van der Waals surface area contributed by atoms with Crippen molar-refractivity contribution >= 4 is 5.97 Å². The van der Waals surface area contributed by atoms with E-state index in [1.165, 1.54) is 0 Å². The van der Waals surface area contributed by atoms with Crippen LogP contribution in [0.15, 0.2) is 0 Å². The Hall–Kier alpha value is -0.650. The normalized spacial score (nSPS) is 10.8. The molecule has 0 heterocycles. The van der Waals surface area contributed by atoms with Gasteiger partial charge in [0.2, 0.25) is 0 Å². The van der Waals surface area contributed by atoms with Gasteiger partial charge in [0.1, 0.15) is 0 Å². The topological polar surface area (TPSA) is 92.8 Å². The predicted octanol–water partition coefficient (Wildman–Crippen LogP) is 5.55. The van der Waals surface area contributed by atoms with Crippen molar-refractivity contribution in [3.63, 3.8) is 0 Å². The van der Waals surface area contributed by atoms with Gasteiger partial charge in [0.15, 0.2) is 0 Å². The summed E-state index contributed by atoms with van der Waals surface area (Å²) in [6, 6.07) is 0. The van der Waals surface area contributed by atoms with Gasteiger partial charge in [-0.3, -0.25) is 4.79 Å². The van der Waals surface area contributed by atoms with Crippen molar-refractivity contribution in [1.29, 1.82) is 0 Å². The largest absolute Gasteiger partial charge is 0.465 e. The van der Waals surface area contributed by atoms with Gasteiger partial charge in [-0.2, -0.15) is 0 Å². The van der Waals surface area contributed by atoms with Crippen molar-refractivity contribution in [1.82, 2.24) is 6.15 Å². The fourth-order valence-electron chi connectivity index (χ4n) is 2.69. The summed E-state index contributed by atoms with van der Waals surface area (Å²) in [6.45, 7) is 9.33. The zero-order valence-electron chi connectivity index (χ0n) is 20.0. The van der Waals surface area contributed by atoms with Crippen LogP contribution in [-0.2, 0) is 9.53 Å². The Balaban J connectivity index is -0.000000333. The Morgan fingerprint density at radius 2 is 1.04 bits per heavy atom. The van der Waals surface area contributed by atoms with Gasteiger partial charge in [-0.25, -0.2) is 0 Å². The van der Waals surface area contributed by atoms with Gasteiger partial charge < -0.3 is 20.8 Å². The molecule has 0 spiro atoms. The Morgan fingerprint density at radius 1 is 0.741 bits per heavy atom. The molecule has 0 aromatic rings. The van der Waals surface area contributed by atoms with Crippen molar-refractivity contribution in [3.05, 3.63) is 0 Å². The van der Waals surface area contributed by atoms with Gasteiger partial charge in [-0.05, 0) is 25.7 Å². The molecule has 0 aromatic carbocycles. The third-order valence-corrected chi connectivity index (χ3v) is 4.19. The maximum Gasteiger partial charge on any atom is 0.312 e. The fourth-order valence-corrected chi connectivity index (χ4v) is 2.69. The third-order valence-electron chi connectivity index (χ3n) is 4.19. The number of unbranched alkanes of at least 4 members (excludes halogenated alkanes) is 4. The summed E-state index contributed by atoms with van der Waals surface area (Å²) in [7, 11) is 8.50. The van der Waals surface area contributed by atoms with E-state index in [0.29, 0.717) is 6.61 Å². The van der Waals surface area contributed by atoms with Crippen LogP contribution >= 0.6 is 0 Å². The molecule has 168 valence electrons. The van der Waals surface area contributed by atoms with Gasteiger partial charge in [-0.15, -0.1) is 0 Å². The van der Waals surface area contributed by atoms with Gasteiger partial charge in [0.05, 0.1) is 40.2 Å². The molecule has 0 saturated carbocycles. The second kappa shape index (κ2) is 20.1. The molecule has 0 aliphatic carbocycles. The maximum absolute atomic E-state index is 12.6. The van der Waals surface area contributed by atoms with E-state index in [2.05, 4.69) is 55.9 Å². The Kier molecular flexibility index (Phi) is 25.2. The number of rotatable bonds is 13. The van der Waals surface area contributed by atoms with Crippen LogP contribution in [0.25, 0.3) is 0 Å². The van der Waals surface area contributed by atoms with Gasteiger partial charge >= 0.3 is 5.97 Å². The van der Waals surface area contributed by atoms with E-state index < -0.39 is 0 Å². The number of ether oxygens (including phenoxy) is 1. The summed E-state index contributed by atoms with van der Waals surface area (Å²) in [5.74, 6) is 0.0845. The zero-order chi connectivity index (χ0) is 19.8. The molecule has 0 aliphatic heterocycles. The lowest BCUT2D eigenvalue weighted by Crippen LogP contribution is -2.33. The van der Waals surface area contributed by atoms with Gasteiger partial charge in [0.25, 0.3) is 0 Å². The minimum atomic E-state index is -0.199. The first kappa shape index (κ1) is 33.9. The van der Waals surface area contributed by atoms with Gasteiger partial charge in [0, 0.05) is 0 Å². The number of nitrogens with zero attached hydrogens (tertiary/aromatic N) is 1. The number of hydrogen-bond acceptors (Lipinski definition) is 3. The lowest BCUT2D eigenvalue weighted by molar-refractivity contribution is -0.849. The number of esters is 1. The first-order valence-corrected chi connectivity index (χ1v) is 10.6. The highest BCUT2D eigenvalue weighted by molar-refractivity contribution is 5.76. The summed E-state index contributed by atoms with van der Waals surface area (Å²) in [4.78, 5) is 12.6. The van der Waals surface area contributed by atoms with Crippen LogP contribution < -0.4 is 6.15 Å². The van der Waals surface area contributed by atoms with Crippen LogP contribution in [0.4, 0.5) is 0 Å². The van der Waals surface area contributed by atoms with E-state index in [1.54, 1.807) is 0 Å². The minimum absolute atomic E-state index is 0. The SMILES string of the molecule is CCCCOC(=O)C(CCCC)(CCCC)CCCC.C[N+](C)(C)C.N.O. The van der Waals surface area contributed by atoms with E-state index >= 15 is 0 Å². The number of quaternary nitrogens is 1. The average Bonchev–Trinajstić information content (AvgIpc) is 2.53. The Morgan fingerprint density at radius 3 is 1.30 bits per heavy atom. The molecule has 0 rings (SSSR count). The fraction of sp³-hybridized carbons (Fsp3) is 0.955. The quantitative estimate of drug-likeness (QED) is 0.253. The molecule has 5 N–H and O–H groups in total. The molecule has 5 nitrogen and oxygen atoms in total. The van der Waals surface area contributed by atoms with Gasteiger partial charge in [-0.1, -0.05) is 72.6 Å². The molecule has 0 saturated heterocycles. The third kappa shape index (κ3) is 21.5. The molecule has 0 atom stereocenters. The van der Waals surface area contributed by atoms with Crippen LogP contribution in [0.1, 0.15) is 98.3 Å². The highest BCUT2D eigenvalue weighted by Crippen LogP contribution is 2.38. The summed E-state index contributed by atoms with van der Waals surface area (Å²) in [6.07, 6.45) is 12.0. The first-order chi connectivity index (χ1) is 11.7. The molecule has 0 amide bonds. The summed E-state index contributed by atoms with van der Waals surface area (Å²) < 4.78 is 6.60. The average molecular weight is 394 g/mol. The zero-order valence-corrected chi connectivity index (χ0v) is 20.0. The van der Waals surface area contributed by atoms with Crippen LogP contribution in [-0.4, -0.2) is 50.7 Å². The second-order valence-corrected chi connectivity index (χ2v) is 8.76. The lowest BCUT2D eigenvalue weighted by Gasteiger charge is -2.32. The monoisotopic (exact) mass is 393 g/mol. The summed E-state index contributed by atoms with van der Waals surface area (Å²) in [5, 5.41) is 0. The highest BCUT2D eigenvalue weighted by atomic mass is 16.5. The maximum atomic E-state index is 12.6. The van der Waals surface area contributed by atoms with Crippen LogP contribution in [0, 0.1) is 5.41 Å². The molecular weight excluding hydrogens is 340 g/mol. The van der Waals surface area contributed by atoms with E-state index in [0.717, 1.165) is 75.1 Å². The molecule has 5 heteroatoms. The van der Waals surface area contributed by atoms with Crippen molar-refractivity contribution in [2.45, 2.75) is 98.3 Å². The van der Waals surface area contributed by atoms with E-state index in [-0.39, 0.29) is 23.0 Å². The molecule has 0 aromatic heterocycles. The van der Waals surface area contributed by atoms with Crippen LogP contribution in [0.5, 0.6) is 0 Å². The van der Waals surface area contributed by atoms with Crippen molar-refractivity contribution in [2.75, 3.05) is 34.8 Å². The molecule has 0 fully saturated rings. The van der Waals surface area contributed by atoms with Crippen molar-refractivity contribution in [3.8, 4) is 0 Å². The van der Waals surface area contributed by atoms with Crippen LogP contribution in [0.3, 0.4) is 0 Å². The lowest BCUT2D eigenvalue weighted by atomic mass is 9.74. The summed E-state index contributed by atoms with van der Waals surface area (Å²) in [5.41, 5.74) is -0.199. The second-order valence-electron chi connectivity index (χ2n) is 8.76. The van der Waals surface area contributed by atoms with E-state index in [9.17, 15) is 4.79 Å². The molecule has 0 radical (unpaired) electrons. The van der Waals surface area contributed by atoms with E-state index in [4.69, 9.17) is 4.74 Å². The molecule has 0 aliphatic rings. The molecule has 27 heavy (non-hydrogen) atoms. The standard InChI is InChI=1S/C18H36O2.C4H12N.H3N.H2O/c1-5-9-13-18(14-10-6-2,15-11-7-3)17(19)20-16-12-8-4;1-5(2,3)4;;/h5-16H2,1-4H3;1-4H3;1H3;1H2/q;+1;;. The van der Waals surface area contributed by atoms with Crippen molar-refractivity contribution < 1.29 is 19.5 Å². The number of hydrogen-bond donors (Lipinski definition) is 1. The number of carbonyl (C=O) groups is 1. The van der Waals surface area contributed by atoms with Crippen LogP contribution in [0.2, 0.25) is 0 Å². The molecule has 0 unspecified atom stereocenters. The van der Waals surface area contributed by atoms with Crippen molar-refractivity contribution in [2.24, 2.45) is 5.41 Å². The first-order valence-electron chi connectivity index (χ1n) is 10.6. The van der Waals surface area contributed by atoms with E-state index in [1.807, 2.05) is 0 Å². The predicted molar refractivity (Wildman–Crippen MR) is 119 cm³/mol. The Bertz CT molecular complexity index is 287. The molecule has 0 bridgehead atoms. The molecular formula is C22H53N2O3+. The number of carbonyl (C=O) groups excluding carboxylic acids is 1.